The van der Waals surface area contributed by atoms with Gasteiger partial charge in [-0.2, -0.15) is 0 Å². The molecular formula is C56H50N2O. The molecule has 0 saturated carbocycles. The second-order valence-electron chi connectivity index (χ2n) is 15.1. The topological polar surface area (TPSA) is 17.4 Å². The first-order valence-electron chi connectivity index (χ1n) is 20.6. The molecule has 0 radical (unpaired) electrons. The van der Waals surface area contributed by atoms with Gasteiger partial charge in [0.25, 0.3) is 0 Å². The van der Waals surface area contributed by atoms with Crippen LogP contribution in [-0.2, 0) is 0 Å². The molecule has 3 heterocycles. The molecule has 0 atom stereocenters. The summed E-state index contributed by atoms with van der Waals surface area (Å²) >= 11 is 0. The first kappa shape index (κ1) is 38.8. The lowest BCUT2D eigenvalue weighted by atomic mass is 9.90. The number of ether oxygens (including phenoxy) is 1. The van der Waals surface area contributed by atoms with Crippen LogP contribution in [0, 0.1) is 13.8 Å². The minimum atomic E-state index is 0.502. The van der Waals surface area contributed by atoms with Crippen LogP contribution >= 0.6 is 0 Å². The van der Waals surface area contributed by atoms with E-state index in [4.69, 9.17) is 11.3 Å². The van der Waals surface area contributed by atoms with E-state index in [0.717, 1.165) is 77.7 Å². The van der Waals surface area contributed by atoms with Gasteiger partial charge in [-0.25, -0.2) is 0 Å². The Morgan fingerprint density at radius 2 is 1.39 bits per heavy atom. The Kier molecular flexibility index (Phi) is 11.3. The zero-order valence-electron chi connectivity index (χ0n) is 34.5. The van der Waals surface area contributed by atoms with Gasteiger partial charge in [-0.1, -0.05) is 137 Å². The molecule has 2 aliphatic heterocycles. The molecule has 59 heavy (non-hydrogen) atoms. The highest BCUT2D eigenvalue weighted by atomic mass is 16.5. The van der Waals surface area contributed by atoms with Crippen molar-refractivity contribution in [2.75, 3.05) is 18.1 Å². The predicted octanol–water partition coefficient (Wildman–Crippen LogP) is 12.8. The standard InChI is InChI=1S/C53H42N2O.C3H8/c1-36-19-9-10-21-42(36)46-34-40(29-28-38(46)3)54-32-15-5-7-20-39(4)52-43(24-17-27-49(52)54)44-22-11-14-26-50-53(44)45-23-12-13-25-48(45)55(50)41-30-31-51-47(35-41)37(2)18-8-6-16-33-56-51;1-3-2/h5-10,12-31,34-35H,2,4,32-33H2,1,3H3;3H2,1-2H3/b15-5-,16-6-,18-8-,20-7-;. The van der Waals surface area contributed by atoms with E-state index in [0.29, 0.717) is 13.2 Å². The van der Waals surface area contributed by atoms with Gasteiger partial charge in [-0.3, -0.25) is 0 Å². The molecule has 0 fully saturated rings. The normalized spacial score (nSPS) is 16.5. The maximum atomic E-state index is 6.17. The molecule has 0 bridgehead atoms. The van der Waals surface area contributed by atoms with Gasteiger partial charge in [0, 0.05) is 50.9 Å². The number of nitrogens with zero attached hydrogens (tertiary/aromatic N) is 2. The van der Waals surface area contributed by atoms with E-state index in [1.807, 2.05) is 30.4 Å². The summed E-state index contributed by atoms with van der Waals surface area (Å²) in [5, 5.41) is 3.39. The molecule has 3 aliphatic rings. The van der Waals surface area contributed by atoms with E-state index < -0.39 is 0 Å². The largest absolute Gasteiger partial charge is 0.489 e. The Balaban J connectivity index is 0.00000157. The van der Waals surface area contributed by atoms with Crippen LogP contribution in [0.25, 0.3) is 50.5 Å². The molecule has 0 saturated heterocycles. The van der Waals surface area contributed by atoms with E-state index in [-0.39, 0.29) is 0 Å². The third-order valence-corrected chi connectivity index (χ3v) is 10.9. The van der Waals surface area contributed by atoms with Gasteiger partial charge in [0.1, 0.15) is 12.4 Å². The lowest BCUT2D eigenvalue weighted by Crippen LogP contribution is -2.30. The summed E-state index contributed by atoms with van der Waals surface area (Å²) < 4.78 is 8.52. The van der Waals surface area contributed by atoms with Crippen LogP contribution < -0.4 is 20.2 Å². The van der Waals surface area contributed by atoms with E-state index in [2.05, 4.69) is 189 Å². The number of benzene rings is 5. The minimum absolute atomic E-state index is 0.502. The summed E-state index contributed by atoms with van der Waals surface area (Å²) in [6, 6.07) is 37.2. The molecular weight excluding hydrogens is 717 g/mol. The summed E-state index contributed by atoms with van der Waals surface area (Å²) in [5.41, 5.74) is 19.0. The molecule has 290 valence electrons. The fourth-order valence-electron chi connectivity index (χ4n) is 8.20. The van der Waals surface area contributed by atoms with Crippen LogP contribution in [0.4, 0.5) is 11.4 Å². The molecule has 0 unspecified atom stereocenters. The van der Waals surface area contributed by atoms with Crippen molar-refractivity contribution in [1.29, 1.82) is 0 Å². The monoisotopic (exact) mass is 766 g/mol. The zero-order chi connectivity index (χ0) is 40.9. The van der Waals surface area contributed by atoms with Gasteiger partial charge in [-0.05, 0) is 120 Å². The van der Waals surface area contributed by atoms with Crippen molar-refractivity contribution >= 4 is 45.1 Å². The quantitative estimate of drug-likeness (QED) is 0.166. The highest BCUT2D eigenvalue weighted by Gasteiger charge is 2.23. The van der Waals surface area contributed by atoms with Gasteiger partial charge in [0.2, 0.25) is 0 Å². The lowest BCUT2D eigenvalue weighted by molar-refractivity contribution is 0.362. The molecule has 0 amide bonds. The number of para-hydroxylation sites is 1. The first-order valence-corrected chi connectivity index (χ1v) is 20.6. The number of aryl methyl sites for hydroxylation is 2. The molecule has 1 aromatic heterocycles. The number of anilines is 2. The minimum Gasteiger partial charge on any atom is -0.489 e. The number of aromatic nitrogens is 1. The highest BCUT2D eigenvalue weighted by Crippen LogP contribution is 2.40. The smallest absolute Gasteiger partial charge is 0.127 e. The maximum absolute atomic E-state index is 6.17. The SMILES string of the molecule is C=C1/C=C\C=C/COc2ccc(-n3c4c(c5ccccc53)=C(c3cccc5c3C(=C)/C=C\C=C/CN5c3ccc(C)c(-c5ccccc5C)c3)C=C=CC=4)cc21.CCC. The molecule has 9 rings (SSSR count). The van der Waals surface area contributed by atoms with Gasteiger partial charge < -0.3 is 14.2 Å². The Labute approximate surface area is 348 Å². The summed E-state index contributed by atoms with van der Waals surface area (Å²) in [6.07, 6.45) is 24.2. The van der Waals surface area contributed by atoms with Gasteiger partial charge >= 0.3 is 0 Å². The molecule has 6 aromatic rings. The Bertz CT molecular complexity index is 2950. The lowest BCUT2D eigenvalue weighted by Gasteiger charge is -2.29. The predicted molar refractivity (Wildman–Crippen MR) is 253 cm³/mol. The van der Waals surface area contributed by atoms with Crippen LogP contribution in [0.2, 0.25) is 0 Å². The summed E-state index contributed by atoms with van der Waals surface area (Å²) in [7, 11) is 0. The fraction of sp³-hybridized carbons (Fsp3) is 0.125. The molecule has 0 N–H and O–H groups in total. The maximum Gasteiger partial charge on any atom is 0.127 e. The van der Waals surface area contributed by atoms with Crippen molar-refractivity contribution in [3.63, 3.8) is 0 Å². The van der Waals surface area contributed by atoms with Crippen molar-refractivity contribution in [1.82, 2.24) is 4.57 Å². The highest BCUT2D eigenvalue weighted by molar-refractivity contribution is 5.97. The molecule has 1 aliphatic carbocycles. The van der Waals surface area contributed by atoms with Crippen LogP contribution in [0.1, 0.15) is 48.1 Å². The van der Waals surface area contributed by atoms with Crippen LogP contribution in [-0.4, -0.2) is 17.7 Å². The number of allylic oxidation sites excluding steroid dienone is 9. The zero-order valence-corrected chi connectivity index (χ0v) is 34.5. The van der Waals surface area contributed by atoms with Crippen LogP contribution in [0.3, 0.4) is 0 Å². The molecule has 5 aromatic carbocycles. The van der Waals surface area contributed by atoms with E-state index >= 15 is 0 Å². The number of hydrogen-bond donors (Lipinski definition) is 0. The van der Waals surface area contributed by atoms with Crippen molar-refractivity contribution < 1.29 is 4.74 Å². The van der Waals surface area contributed by atoms with E-state index in [1.165, 1.54) is 28.7 Å². The molecule has 3 nitrogen and oxygen atoms in total. The number of hydrogen-bond acceptors (Lipinski definition) is 2. The van der Waals surface area contributed by atoms with Crippen molar-refractivity contribution in [2.24, 2.45) is 0 Å². The second kappa shape index (κ2) is 17.2. The number of rotatable bonds is 4. The summed E-state index contributed by atoms with van der Waals surface area (Å²) in [4.78, 5) is 2.42. The van der Waals surface area contributed by atoms with Gasteiger partial charge in [0.05, 0.1) is 10.9 Å². The average molecular weight is 767 g/mol. The van der Waals surface area contributed by atoms with Crippen molar-refractivity contribution in [3.05, 3.63) is 221 Å². The number of fused-ring (bicyclic) bond motifs is 5. The third-order valence-electron chi connectivity index (χ3n) is 10.9. The van der Waals surface area contributed by atoms with Crippen molar-refractivity contribution in [3.8, 4) is 22.6 Å². The fourth-order valence-corrected chi connectivity index (χ4v) is 8.20. The molecule has 3 heteroatoms. The van der Waals surface area contributed by atoms with E-state index in [9.17, 15) is 0 Å². The Hall–Kier alpha value is -7.06. The summed E-state index contributed by atoms with van der Waals surface area (Å²) in [6.45, 7) is 18.9. The second-order valence-corrected chi connectivity index (χ2v) is 15.1. The Morgan fingerprint density at radius 3 is 2.24 bits per heavy atom. The third kappa shape index (κ3) is 7.57. The Morgan fingerprint density at radius 1 is 0.678 bits per heavy atom. The van der Waals surface area contributed by atoms with Crippen LogP contribution in [0.15, 0.2) is 183 Å². The molecule has 0 spiro atoms. The van der Waals surface area contributed by atoms with Crippen LogP contribution in [0.5, 0.6) is 5.75 Å². The average Bonchev–Trinajstić information content (AvgIpc) is 3.50. The van der Waals surface area contributed by atoms with Gasteiger partial charge in [0.15, 0.2) is 0 Å². The van der Waals surface area contributed by atoms with Gasteiger partial charge in [-0.15, -0.1) is 5.73 Å². The van der Waals surface area contributed by atoms with E-state index in [1.54, 1.807) is 0 Å². The van der Waals surface area contributed by atoms with Crippen molar-refractivity contribution in [2.45, 2.75) is 34.1 Å². The summed E-state index contributed by atoms with van der Waals surface area (Å²) in [5.74, 6) is 0.819. The first-order chi connectivity index (χ1) is 28.9.